The highest BCUT2D eigenvalue weighted by atomic mass is 19.4. The molecule has 20 heavy (non-hydrogen) atoms. The number of carbonyl (C=O) groups excluding carboxylic acids is 1. The molecule has 7 heteroatoms. The maximum absolute atomic E-state index is 12.4. The second kappa shape index (κ2) is 5.36. The Morgan fingerprint density at radius 1 is 1.25 bits per heavy atom. The van der Waals surface area contributed by atoms with Crippen molar-refractivity contribution in [2.24, 2.45) is 0 Å². The SMILES string of the molecule is CCn1nccc1C(=O)Nc1ccc(C(F)(F)F)cc1. The summed E-state index contributed by atoms with van der Waals surface area (Å²) in [5, 5.41) is 6.48. The van der Waals surface area contributed by atoms with Crippen molar-refractivity contribution in [2.45, 2.75) is 19.6 Å². The van der Waals surface area contributed by atoms with Gasteiger partial charge in [0.1, 0.15) is 5.69 Å². The van der Waals surface area contributed by atoms with Gasteiger partial charge in [-0.2, -0.15) is 18.3 Å². The number of alkyl halides is 3. The Labute approximate surface area is 113 Å². The fraction of sp³-hybridized carbons (Fsp3) is 0.231. The lowest BCUT2D eigenvalue weighted by molar-refractivity contribution is -0.137. The summed E-state index contributed by atoms with van der Waals surface area (Å²) in [5.41, 5.74) is -0.103. The van der Waals surface area contributed by atoms with Gasteiger partial charge in [0.2, 0.25) is 0 Å². The lowest BCUT2D eigenvalue weighted by Crippen LogP contribution is -2.17. The van der Waals surface area contributed by atoms with Crippen LogP contribution in [0.5, 0.6) is 0 Å². The summed E-state index contributed by atoms with van der Waals surface area (Å²) in [5.74, 6) is -0.413. The maximum atomic E-state index is 12.4. The number of rotatable bonds is 3. The van der Waals surface area contributed by atoms with Gasteiger partial charge >= 0.3 is 6.18 Å². The maximum Gasteiger partial charge on any atom is 0.416 e. The standard InChI is InChI=1S/C13H12F3N3O/c1-2-19-11(7-8-17-19)12(20)18-10-5-3-9(4-6-10)13(14,15)16/h3-8H,2H2,1H3,(H,18,20). The lowest BCUT2D eigenvalue weighted by Gasteiger charge is -2.09. The van der Waals surface area contributed by atoms with Crippen molar-refractivity contribution in [3.63, 3.8) is 0 Å². The molecule has 1 aromatic carbocycles. The summed E-state index contributed by atoms with van der Waals surface area (Å²) in [6, 6.07) is 5.82. The van der Waals surface area contributed by atoms with E-state index >= 15 is 0 Å². The second-order valence-corrected chi connectivity index (χ2v) is 4.06. The van der Waals surface area contributed by atoms with Crippen LogP contribution in [-0.4, -0.2) is 15.7 Å². The van der Waals surface area contributed by atoms with E-state index in [0.717, 1.165) is 12.1 Å². The molecule has 0 unspecified atom stereocenters. The van der Waals surface area contributed by atoms with Crippen molar-refractivity contribution in [2.75, 3.05) is 5.32 Å². The third-order valence-electron chi connectivity index (χ3n) is 2.72. The molecule has 0 aliphatic rings. The van der Waals surface area contributed by atoms with Crippen LogP contribution in [0.4, 0.5) is 18.9 Å². The summed E-state index contributed by atoms with van der Waals surface area (Å²) in [4.78, 5) is 11.9. The Bertz CT molecular complexity index is 602. The van der Waals surface area contributed by atoms with Crippen LogP contribution in [-0.2, 0) is 12.7 Å². The Morgan fingerprint density at radius 3 is 2.45 bits per heavy atom. The highest BCUT2D eigenvalue weighted by Gasteiger charge is 2.30. The zero-order chi connectivity index (χ0) is 14.8. The number of halogens is 3. The monoisotopic (exact) mass is 283 g/mol. The smallest absolute Gasteiger partial charge is 0.321 e. The van der Waals surface area contributed by atoms with E-state index in [1.54, 1.807) is 6.07 Å². The number of hydrogen-bond donors (Lipinski definition) is 1. The van der Waals surface area contributed by atoms with Crippen LogP contribution in [0.15, 0.2) is 36.5 Å². The van der Waals surface area contributed by atoms with Gasteiger partial charge in [0.25, 0.3) is 5.91 Å². The number of nitrogens with one attached hydrogen (secondary N) is 1. The van der Waals surface area contributed by atoms with E-state index in [2.05, 4.69) is 10.4 Å². The summed E-state index contributed by atoms with van der Waals surface area (Å²) >= 11 is 0. The van der Waals surface area contributed by atoms with Crippen LogP contribution in [0.2, 0.25) is 0 Å². The summed E-state index contributed by atoms with van der Waals surface area (Å²) in [6.45, 7) is 2.37. The zero-order valence-corrected chi connectivity index (χ0v) is 10.6. The average Bonchev–Trinajstić information content (AvgIpc) is 2.86. The van der Waals surface area contributed by atoms with Crippen molar-refractivity contribution in [1.82, 2.24) is 9.78 Å². The number of hydrogen-bond acceptors (Lipinski definition) is 2. The minimum Gasteiger partial charge on any atom is -0.321 e. The van der Waals surface area contributed by atoms with Gasteiger partial charge in [-0.25, -0.2) is 0 Å². The molecule has 106 valence electrons. The third kappa shape index (κ3) is 2.98. The molecule has 0 saturated heterocycles. The van der Waals surface area contributed by atoms with Gasteiger partial charge in [-0.05, 0) is 37.3 Å². The molecule has 2 aromatic rings. The van der Waals surface area contributed by atoms with Gasteiger partial charge in [0.05, 0.1) is 5.56 Å². The number of anilines is 1. The van der Waals surface area contributed by atoms with E-state index in [9.17, 15) is 18.0 Å². The first-order valence-electron chi connectivity index (χ1n) is 5.92. The van der Waals surface area contributed by atoms with Crippen molar-refractivity contribution in [1.29, 1.82) is 0 Å². The van der Waals surface area contributed by atoms with Gasteiger partial charge in [-0.3, -0.25) is 9.48 Å². The fourth-order valence-corrected chi connectivity index (χ4v) is 1.72. The number of amides is 1. The van der Waals surface area contributed by atoms with Gasteiger partial charge in [0.15, 0.2) is 0 Å². The molecular weight excluding hydrogens is 271 g/mol. The molecule has 1 heterocycles. The Morgan fingerprint density at radius 2 is 1.90 bits per heavy atom. The first kappa shape index (κ1) is 14.1. The zero-order valence-electron chi connectivity index (χ0n) is 10.6. The molecule has 0 bridgehead atoms. The van der Waals surface area contributed by atoms with Crippen LogP contribution in [0, 0.1) is 0 Å². The molecule has 0 spiro atoms. The number of carbonyl (C=O) groups is 1. The molecule has 0 aliphatic carbocycles. The van der Waals surface area contributed by atoms with Crippen molar-refractivity contribution in [3.8, 4) is 0 Å². The molecule has 0 atom stereocenters. The van der Waals surface area contributed by atoms with Crippen LogP contribution < -0.4 is 5.32 Å². The molecule has 1 N–H and O–H groups in total. The minimum absolute atomic E-state index is 0.298. The topological polar surface area (TPSA) is 46.9 Å². The number of nitrogens with zero attached hydrogens (tertiary/aromatic N) is 2. The van der Waals surface area contributed by atoms with Crippen LogP contribution >= 0.6 is 0 Å². The Hall–Kier alpha value is -2.31. The quantitative estimate of drug-likeness (QED) is 0.940. The van der Waals surface area contributed by atoms with Gasteiger partial charge in [-0.1, -0.05) is 0 Å². The van der Waals surface area contributed by atoms with E-state index in [0.29, 0.717) is 17.9 Å². The summed E-state index contributed by atoms with van der Waals surface area (Å²) in [7, 11) is 0. The van der Waals surface area contributed by atoms with Crippen LogP contribution in [0.3, 0.4) is 0 Å². The van der Waals surface area contributed by atoms with E-state index in [4.69, 9.17) is 0 Å². The lowest BCUT2D eigenvalue weighted by atomic mass is 10.2. The molecule has 0 aliphatic heterocycles. The predicted octanol–water partition coefficient (Wildman–Crippen LogP) is 3.17. The van der Waals surface area contributed by atoms with E-state index in [1.165, 1.54) is 23.0 Å². The second-order valence-electron chi connectivity index (χ2n) is 4.06. The third-order valence-corrected chi connectivity index (χ3v) is 2.72. The fourth-order valence-electron chi connectivity index (χ4n) is 1.72. The summed E-state index contributed by atoms with van der Waals surface area (Å²) in [6.07, 6.45) is -2.89. The predicted molar refractivity (Wildman–Crippen MR) is 67.3 cm³/mol. The van der Waals surface area contributed by atoms with Crippen LogP contribution in [0.1, 0.15) is 23.0 Å². The molecule has 0 radical (unpaired) electrons. The Kier molecular flexibility index (Phi) is 3.78. The number of benzene rings is 1. The summed E-state index contributed by atoms with van der Waals surface area (Å²) < 4.78 is 38.7. The van der Waals surface area contributed by atoms with Gasteiger partial charge in [-0.15, -0.1) is 0 Å². The number of aromatic nitrogens is 2. The largest absolute Gasteiger partial charge is 0.416 e. The van der Waals surface area contributed by atoms with Gasteiger partial charge in [0, 0.05) is 18.4 Å². The van der Waals surface area contributed by atoms with E-state index < -0.39 is 17.6 Å². The molecule has 2 rings (SSSR count). The van der Waals surface area contributed by atoms with Crippen LogP contribution in [0.25, 0.3) is 0 Å². The molecule has 0 fully saturated rings. The first-order valence-corrected chi connectivity index (χ1v) is 5.92. The highest BCUT2D eigenvalue weighted by molar-refractivity contribution is 6.03. The molecule has 4 nitrogen and oxygen atoms in total. The van der Waals surface area contributed by atoms with E-state index in [-0.39, 0.29) is 0 Å². The molecule has 1 amide bonds. The normalized spacial score (nSPS) is 11.4. The Balaban J connectivity index is 2.13. The molecule has 1 aromatic heterocycles. The molecule has 0 saturated carbocycles. The van der Waals surface area contributed by atoms with Gasteiger partial charge < -0.3 is 5.32 Å². The average molecular weight is 283 g/mol. The number of aryl methyl sites for hydroxylation is 1. The minimum atomic E-state index is -4.39. The first-order chi connectivity index (χ1) is 9.41. The van der Waals surface area contributed by atoms with Crippen molar-refractivity contribution < 1.29 is 18.0 Å². The van der Waals surface area contributed by atoms with E-state index in [1.807, 2.05) is 6.92 Å². The van der Waals surface area contributed by atoms with Crippen molar-refractivity contribution >= 4 is 11.6 Å². The molecular formula is C13H12F3N3O. The highest BCUT2D eigenvalue weighted by Crippen LogP contribution is 2.29. The van der Waals surface area contributed by atoms with Crippen molar-refractivity contribution in [3.05, 3.63) is 47.8 Å².